The van der Waals surface area contributed by atoms with Crippen molar-refractivity contribution in [1.82, 2.24) is 0 Å². The summed E-state index contributed by atoms with van der Waals surface area (Å²) < 4.78 is 9.31. The van der Waals surface area contributed by atoms with E-state index in [1.807, 2.05) is 0 Å². The fraction of sp³-hybridized carbons (Fsp3) is 0.385. The van der Waals surface area contributed by atoms with Crippen molar-refractivity contribution >= 4 is 0 Å². The van der Waals surface area contributed by atoms with E-state index in [1.54, 1.807) is 14.2 Å². The number of rotatable bonds is 6. The van der Waals surface area contributed by atoms with Gasteiger partial charge in [-0.1, -0.05) is 27.7 Å². The van der Waals surface area contributed by atoms with E-state index in [0.29, 0.717) is 13.2 Å². The van der Waals surface area contributed by atoms with Crippen LogP contribution in [0.25, 0.3) is 0 Å². The van der Waals surface area contributed by atoms with Crippen molar-refractivity contribution in [3.63, 3.8) is 0 Å². The summed E-state index contributed by atoms with van der Waals surface area (Å²) in [6.07, 6.45) is 20.4. The van der Waals surface area contributed by atoms with Crippen molar-refractivity contribution in [3.8, 4) is 0 Å². The second-order valence-electron chi connectivity index (χ2n) is 7.16. The van der Waals surface area contributed by atoms with Crippen LogP contribution in [0, 0.1) is 128 Å². The van der Waals surface area contributed by atoms with Crippen molar-refractivity contribution in [2.24, 2.45) is 10.8 Å². The van der Waals surface area contributed by atoms with Crippen LogP contribution in [-0.2, 0) is 9.47 Å². The van der Waals surface area contributed by atoms with Gasteiger partial charge in [-0.2, -0.15) is 0 Å². The molecule has 30 heavy (non-hydrogen) atoms. The van der Waals surface area contributed by atoms with Crippen LogP contribution in [0.15, 0.2) is 25.3 Å². The molecular formula is C26H40LiO2Sm+2. The molecule has 0 spiro atoms. The van der Waals surface area contributed by atoms with E-state index in [-0.39, 0.29) is 70.1 Å². The van der Waals surface area contributed by atoms with E-state index in [2.05, 4.69) is 116 Å². The largest absolute Gasteiger partial charge is 3.00 e. The van der Waals surface area contributed by atoms with E-state index in [1.165, 1.54) is 24.0 Å². The van der Waals surface area contributed by atoms with Crippen LogP contribution in [0.5, 0.6) is 0 Å². The second-order valence-corrected chi connectivity index (χ2v) is 7.16. The predicted molar refractivity (Wildman–Crippen MR) is 123 cm³/mol. The smallest absolute Gasteiger partial charge is 0.382 e. The Morgan fingerprint density at radius 2 is 0.933 bits per heavy atom. The summed E-state index contributed by atoms with van der Waals surface area (Å²) in [7, 11) is 3.30. The van der Waals surface area contributed by atoms with Gasteiger partial charge in [0.1, 0.15) is 0 Å². The van der Waals surface area contributed by atoms with Crippen LogP contribution in [0.3, 0.4) is 0 Å². The third-order valence-electron chi connectivity index (χ3n) is 4.82. The van der Waals surface area contributed by atoms with E-state index in [4.69, 9.17) is 0 Å². The molecule has 0 bridgehead atoms. The monoisotopic (exact) mass is 543 g/mol. The van der Waals surface area contributed by atoms with Gasteiger partial charge in [0.2, 0.25) is 0 Å². The number of hydrogen-bond acceptors (Lipinski definition) is 2. The molecule has 0 aromatic carbocycles. The quantitative estimate of drug-likeness (QED) is 0.292. The molecule has 4 heteroatoms. The Hall–Kier alpha value is 1.08. The van der Waals surface area contributed by atoms with E-state index in [9.17, 15) is 0 Å². The number of ether oxygens (including phenoxy) is 2. The molecule has 11 radical (unpaired) electrons. The maximum atomic E-state index is 4.66. The summed E-state index contributed by atoms with van der Waals surface area (Å²) in [6.45, 7) is 23.7. The van der Waals surface area contributed by atoms with E-state index < -0.39 is 0 Å². The van der Waals surface area contributed by atoms with Crippen LogP contribution in [0.1, 0.15) is 27.7 Å². The molecule has 2 aliphatic rings. The number of methoxy groups -OCH3 is 2. The molecule has 0 aromatic heterocycles. The first-order valence-electron chi connectivity index (χ1n) is 9.43. The van der Waals surface area contributed by atoms with Gasteiger partial charge in [0.15, 0.2) is 0 Å². The van der Waals surface area contributed by atoms with Crippen LogP contribution >= 0.6 is 0 Å². The first kappa shape index (κ1) is 38.3. The predicted octanol–water partition coefficient (Wildman–Crippen LogP) is 3.15. The van der Waals surface area contributed by atoms with Crippen molar-refractivity contribution in [2.45, 2.75) is 27.7 Å². The Balaban J connectivity index is -0.000000204. The maximum Gasteiger partial charge on any atom is 3.00 e. The molecule has 2 saturated carbocycles. The zero-order chi connectivity index (χ0) is 22.1. The van der Waals surface area contributed by atoms with Gasteiger partial charge in [-0.15, -0.1) is 0 Å². The maximum absolute atomic E-state index is 4.66. The fourth-order valence-electron chi connectivity index (χ4n) is 2.47. The van der Waals surface area contributed by atoms with Gasteiger partial charge < -0.3 is 9.47 Å². The molecule has 0 N–H and O–H groups in total. The standard InChI is InChI=1S/C16H20.C4H10O2.2C3H5.Li.Sm/c1-15(2,13-9-5-6-10-13)16(3,4)14-11-7-8-12-14;1-5-3-4-6-2;2*1-3-2;;/h5-12H,1-4H3;3-4H2,1-2H3;2*3H,1-2H2;;/q;;2*-1;+1;+3. The Bertz CT molecular complexity index is 335. The van der Waals surface area contributed by atoms with Gasteiger partial charge in [-0.25, -0.2) is 39.2 Å². The van der Waals surface area contributed by atoms with Crippen LogP contribution in [-0.4, -0.2) is 27.4 Å². The van der Waals surface area contributed by atoms with E-state index >= 15 is 0 Å². The molecule has 0 saturated heterocycles. The fourth-order valence-corrected chi connectivity index (χ4v) is 2.47. The molecule has 2 nitrogen and oxygen atoms in total. The topological polar surface area (TPSA) is 18.5 Å². The summed E-state index contributed by atoms with van der Waals surface area (Å²) in [5, 5.41) is 0. The Morgan fingerprint density at radius 1 is 0.733 bits per heavy atom. The Morgan fingerprint density at radius 3 is 1.10 bits per heavy atom. The Kier molecular flexibility index (Phi) is 29.7. The van der Waals surface area contributed by atoms with Crippen molar-refractivity contribution in [1.29, 1.82) is 0 Å². The zero-order valence-corrected chi connectivity index (χ0v) is 22.9. The molecule has 2 aliphatic carbocycles. The van der Waals surface area contributed by atoms with Gasteiger partial charge in [0, 0.05) is 14.2 Å². The molecule has 2 rings (SSSR count). The summed E-state index contributed by atoms with van der Waals surface area (Å²) >= 11 is 0. The first-order chi connectivity index (χ1) is 13.2. The van der Waals surface area contributed by atoms with Crippen molar-refractivity contribution in [3.05, 3.63) is 102 Å². The summed E-state index contributed by atoms with van der Waals surface area (Å²) in [5.41, 5.74) is 0.287. The minimum absolute atomic E-state index is 0. The molecule has 0 amide bonds. The molecular weight excluding hydrogens is 502 g/mol. The Labute approximate surface area is 235 Å². The third kappa shape index (κ3) is 15.0. The summed E-state index contributed by atoms with van der Waals surface area (Å²) in [5.74, 6) is 2.83. The summed E-state index contributed by atoms with van der Waals surface area (Å²) in [6, 6.07) is 0. The molecule has 0 unspecified atom stereocenters. The van der Waals surface area contributed by atoms with Gasteiger partial charge >= 0.3 is 59.2 Å². The third-order valence-corrected chi connectivity index (χ3v) is 4.82. The number of hydrogen-bond donors (Lipinski definition) is 0. The van der Waals surface area contributed by atoms with Crippen LogP contribution in [0.2, 0.25) is 0 Å². The molecule has 0 aromatic rings. The SMILES string of the molecule is C=C[CH2-].C=C[CH2-].CC(C)([C]1[CH][CH][CH][CH]1)C(C)(C)[C]1[CH][CH][CH][CH]1.COCCOC.[Li+].[Sm+3]. The molecule has 0 aliphatic heterocycles. The average Bonchev–Trinajstić information content (AvgIpc) is 3.35. The molecule has 0 atom stereocenters. The minimum Gasteiger partial charge on any atom is -0.382 e. The van der Waals surface area contributed by atoms with Crippen LogP contribution in [0.4, 0.5) is 0 Å². The van der Waals surface area contributed by atoms with Gasteiger partial charge in [0.25, 0.3) is 0 Å². The average molecular weight is 542 g/mol. The summed E-state index contributed by atoms with van der Waals surface area (Å²) in [4.78, 5) is 0. The second kappa shape index (κ2) is 23.2. The van der Waals surface area contributed by atoms with Gasteiger partial charge in [0.05, 0.1) is 13.2 Å². The number of allylic oxidation sites excluding steroid dienone is 2. The van der Waals surface area contributed by atoms with Crippen molar-refractivity contribution < 1.29 is 68.7 Å². The minimum atomic E-state index is 0. The van der Waals surface area contributed by atoms with Gasteiger partial charge in [-0.3, -0.25) is 0 Å². The van der Waals surface area contributed by atoms with Crippen LogP contribution < -0.4 is 18.9 Å². The molecule has 0 heterocycles. The zero-order valence-electron chi connectivity index (χ0n) is 20.2. The van der Waals surface area contributed by atoms with Crippen molar-refractivity contribution in [2.75, 3.05) is 27.4 Å². The van der Waals surface area contributed by atoms with Gasteiger partial charge in [-0.05, 0) is 74.0 Å². The first-order valence-corrected chi connectivity index (χ1v) is 9.43. The molecule has 161 valence electrons. The van der Waals surface area contributed by atoms with E-state index in [0.717, 1.165) is 0 Å². The molecule has 2 fully saturated rings. The normalized spacial score (nSPS) is 16.2.